The number of alkyl halides is 3. The number of hydrogen-bond donors (Lipinski definition) is 3. The van der Waals surface area contributed by atoms with E-state index in [0.717, 1.165) is 22.3 Å². The summed E-state index contributed by atoms with van der Waals surface area (Å²) in [5.74, 6) is -2.99. The molecule has 0 heterocycles. The number of hydrogen-bond acceptors (Lipinski definition) is 4. The topological polar surface area (TPSA) is 105 Å². The zero-order valence-electron chi connectivity index (χ0n) is 19.3. The second-order valence-electron chi connectivity index (χ2n) is 8.80. The van der Waals surface area contributed by atoms with Crippen molar-refractivity contribution in [2.24, 2.45) is 5.92 Å². The van der Waals surface area contributed by atoms with E-state index in [1.54, 1.807) is 13.8 Å². The average molecular weight is 492 g/mol. The largest absolute Gasteiger partial charge is 0.481 e. The van der Waals surface area contributed by atoms with Crippen molar-refractivity contribution in [1.29, 1.82) is 0 Å². The smallest absolute Gasteiger partial charge is 0.407 e. The zero-order chi connectivity index (χ0) is 25.8. The maximum absolute atomic E-state index is 13.1. The number of aliphatic carboxylic acids is 1. The number of carbonyl (C=O) groups excluding carboxylic acids is 2. The van der Waals surface area contributed by atoms with Crippen molar-refractivity contribution < 1.29 is 37.4 Å². The molecule has 10 heteroatoms. The quantitative estimate of drug-likeness (QED) is 0.479. The number of fused-ring (bicyclic) bond motifs is 3. The molecule has 0 aromatic heterocycles. The van der Waals surface area contributed by atoms with Gasteiger partial charge >= 0.3 is 18.2 Å². The van der Waals surface area contributed by atoms with Crippen molar-refractivity contribution in [3.05, 3.63) is 59.7 Å². The Kier molecular flexibility index (Phi) is 8.03. The van der Waals surface area contributed by atoms with Gasteiger partial charge in [0.2, 0.25) is 5.91 Å². The number of rotatable bonds is 9. The Bertz CT molecular complexity index is 1040. The minimum atomic E-state index is -4.75. The van der Waals surface area contributed by atoms with Crippen LogP contribution in [0, 0.1) is 5.92 Å². The van der Waals surface area contributed by atoms with Crippen LogP contribution in [0.4, 0.5) is 18.0 Å². The molecule has 0 saturated carbocycles. The summed E-state index contributed by atoms with van der Waals surface area (Å²) >= 11 is 0. The number of alkyl carbamates (subject to hydrolysis) is 1. The normalized spacial score (nSPS) is 14.6. The van der Waals surface area contributed by atoms with Crippen molar-refractivity contribution in [3.63, 3.8) is 0 Å². The summed E-state index contributed by atoms with van der Waals surface area (Å²) in [6, 6.07) is 12.3. The highest BCUT2D eigenvalue weighted by molar-refractivity contribution is 5.86. The van der Waals surface area contributed by atoms with Gasteiger partial charge < -0.3 is 20.5 Å². The lowest BCUT2D eigenvalue weighted by Crippen LogP contribution is -2.52. The van der Waals surface area contributed by atoms with Crippen LogP contribution in [0.3, 0.4) is 0 Å². The third-order valence-electron chi connectivity index (χ3n) is 5.91. The predicted molar refractivity (Wildman–Crippen MR) is 122 cm³/mol. The average Bonchev–Trinajstić information content (AvgIpc) is 3.09. The minimum absolute atomic E-state index is 0.131. The Morgan fingerprint density at radius 1 is 0.971 bits per heavy atom. The first kappa shape index (κ1) is 26.1. The molecule has 7 nitrogen and oxygen atoms in total. The van der Waals surface area contributed by atoms with Gasteiger partial charge in [-0.25, -0.2) is 4.79 Å². The van der Waals surface area contributed by atoms with E-state index in [9.17, 15) is 27.6 Å². The van der Waals surface area contributed by atoms with Crippen LogP contribution in [-0.4, -0.2) is 47.9 Å². The van der Waals surface area contributed by atoms with Gasteiger partial charge in [0, 0.05) is 12.0 Å². The van der Waals surface area contributed by atoms with Crippen molar-refractivity contribution in [3.8, 4) is 11.1 Å². The number of nitrogens with one attached hydrogen (secondary N) is 2. The minimum Gasteiger partial charge on any atom is -0.481 e. The van der Waals surface area contributed by atoms with Gasteiger partial charge in [-0.1, -0.05) is 62.4 Å². The first-order valence-electron chi connectivity index (χ1n) is 11.2. The lowest BCUT2D eigenvalue weighted by atomic mass is 9.98. The standard InChI is InChI=1S/C25H27F3N2O5/c1-14(2)20(11-22(31)32)29-23(33)21(12-25(26,27)28)30-24(34)35-13-19-17-9-5-3-7-15(17)16-8-4-6-10-18(16)19/h3-10,14,19-21H,11-13H2,1-2H3,(H,29,33)(H,30,34)(H,31,32). The fourth-order valence-electron chi connectivity index (χ4n) is 4.15. The van der Waals surface area contributed by atoms with Gasteiger partial charge in [-0.05, 0) is 28.2 Å². The first-order chi connectivity index (χ1) is 16.5. The predicted octanol–water partition coefficient (Wildman–Crippen LogP) is 4.46. The molecule has 35 heavy (non-hydrogen) atoms. The van der Waals surface area contributed by atoms with Gasteiger partial charge in [0.05, 0.1) is 12.8 Å². The molecule has 2 atom stereocenters. The molecule has 1 aliphatic rings. The molecule has 0 radical (unpaired) electrons. The molecule has 2 aromatic carbocycles. The van der Waals surface area contributed by atoms with Gasteiger partial charge in [-0.3, -0.25) is 9.59 Å². The summed E-state index contributed by atoms with van der Waals surface area (Å²) in [4.78, 5) is 36.1. The van der Waals surface area contributed by atoms with Crippen LogP contribution in [0.1, 0.15) is 43.7 Å². The maximum atomic E-state index is 13.1. The van der Waals surface area contributed by atoms with E-state index in [-0.39, 0.29) is 18.4 Å². The molecule has 2 amide bonds. The second kappa shape index (κ2) is 10.8. The van der Waals surface area contributed by atoms with Crippen molar-refractivity contribution in [2.75, 3.05) is 6.61 Å². The molecule has 2 aromatic rings. The third-order valence-corrected chi connectivity index (χ3v) is 5.91. The highest BCUT2D eigenvalue weighted by Crippen LogP contribution is 2.44. The van der Waals surface area contributed by atoms with Crippen LogP contribution in [0.25, 0.3) is 11.1 Å². The highest BCUT2D eigenvalue weighted by atomic mass is 19.4. The molecule has 188 valence electrons. The Hall–Kier alpha value is -3.56. The zero-order valence-corrected chi connectivity index (χ0v) is 19.3. The van der Waals surface area contributed by atoms with Crippen molar-refractivity contribution in [2.45, 2.75) is 50.9 Å². The fourth-order valence-corrected chi connectivity index (χ4v) is 4.15. The van der Waals surface area contributed by atoms with Gasteiger partial charge in [-0.2, -0.15) is 13.2 Å². The third kappa shape index (κ3) is 6.74. The molecular formula is C25H27F3N2O5. The Balaban J connectivity index is 1.69. The number of carboxylic acid groups (broad SMARTS) is 1. The van der Waals surface area contributed by atoms with Crippen LogP contribution in [-0.2, 0) is 14.3 Å². The Labute approximate surface area is 200 Å². The molecule has 0 aliphatic heterocycles. The molecule has 3 rings (SSSR count). The monoisotopic (exact) mass is 492 g/mol. The lowest BCUT2D eigenvalue weighted by Gasteiger charge is -2.25. The molecular weight excluding hydrogens is 465 g/mol. The van der Waals surface area contributed by atoms with Crippen LogP contribution in [0.5, 0.6) is 0 Å². The Morgan fingerprint density at radius 3 is 2.00 bits per heavy atom. The summed E-state index contributed by atoms with van der Waals surface area (Å²) in [5, 5.41) is 13.3. The van der Waals surface area contributed by atoms with E-state index in [1.165, 1.54) is 0 Å². The number of carbonyl (C=O) groups is 3. The van der Waals surface area contributed by atoms with Crippen LogP contribution in [0.15, 0.2) is 48.5 Å². The molecule has 0 bridgehead atoms. The number of ether oxygens (including phenoxy) is 1. The Morgan fingerprint density at radius 2 is 1.51 bits per heavy atom. The number of halogens is 3. The van der Waals surface area contributed by atoms with E-state index < -0.39 is 49.1 Å². The number of amides is 2. The van der Waals surface area contributed by atoms with E-state index in [1.807, 2.05) is 53.8 Å². The van der Waals surface area contributed by atoms with E-state index in [2.05, 4.69) is 5.32 Å². The highest BCUT2D eigenvalue weighted by Gasteiger charge is 2.38. The van der Waals surface area contributed by atoms with E-state index in [0.29, 0.717) is 0 Å². The van der Waals surface area contributed by atoms with Gasteiger partial charge in [0.1, 0.15) is 12.6 Å². The molecule has 1 aliphatic carbocycles. The summed E-state index contributed by atoms with van der Waals surface area (Å²) in [7, 11) is 0. The van der Waals surface area contributed by atoms with Crippen LogP contribution < -0.4 is 10.6 Å². The summed E-state index contributed by atoms with van der Waals surface area (Å²) in [6.07, 6.45) is -8.01. The maximum Gasteiger partial charge on any atom is 0.407 e. The fraction of sp³-hybridized carbons (Fsp3) is 0.400. The van der Waals surface area contributed by atoms with Gasteiger partial charge in [0.25, 0.3) is 0 Å². The number of benzene rings is 2. The molecule has 0 fully saturated rings. The summed E-state index contributed by atoms with van der Waals surface area (Å²) in [6.45, 7) is 3.13. The molecule has 0 saturated heterocycles. The molecule has 3 N–H and O–H groups in total. The van der Waals surface area contributed by atoms with Crippen molar-refractivity contribution >= 4 is 18.0 Å². The molecule has 2 unspecified atom stereocenters. The van der Waals surface area contributed by atoms with Gasteiger partial charge in [-0.15, -0.1) is 0 Å². The lowest BCUT2D eigenvalue weighted by molar-refractivity contribution is -0.150. The van der Waals surface area contributed by atoms with E-state index in [4.69, 9.17) is 9.84 Å². The SMILES string of the molecule is CC(C)C(CC(=O)O)NC(=O)C(CC(F)(F)F)NC(=O)OCC1c2ccccc2-c2ccccc21. The second-order valence-corrected chi connectivity index (χ2v) is 8.80. The van der Waals surface area contributed by atoms with Gasteiger partial charge in [0.15, 0.2) is 0 Å². The summed E-state index contributed by atoms with van der Waals surface area (Å²) in [5.41, 5.74) is 3.84. The summed E-state index contributed by atoms with van der Waals surface area (Å²) < 4.78 is 44.6. The van der Waals surface area contributed by atoms with E-state index >= 15 is 0 Å². The van der Waals surface area contributed by atoms with Crippen molar-refractivity contribution in [1.82, 2.24) is 10.6 Å². The molecule has 0 spiro atoms. The van der Waals surface area contributed by atoms with Crippen LogP contribution in [0.2, 0.25) is 0 Å². The number of carboxylic acids is 1. The van der Waals surface area contributed by atoms with Crippen LogP contribution >= 0.6 is 0 Å². The first-order valence-corrected chi connectivity index (χ1v) is 11.2.